The van der Waals surface area contributed by atoms with Crippen LogP contribution in [-0.2, 0) is 5.41 Å². The van der Waals surface area contributed by atoms with E-state index in [1.165, 1.54) is 43.8 Å². The molecule has 0 amide bonds. The monoisotopic (exact) mass is 574 g/mol. The van der Waals surface area contributed by atoms with Crippen LogP contribution in [0.15, 0.2) is 146 Å². The fourth-order valence-corrected chi connectivity index (χ4v) is 7.39. The lowest BCUT2D eigenvalue weighted by molar-refractivity contribution is 0.660. The first-order chi connectivity index (χ1) is 22.1. The smallest absolute Gasteiger partial charge is 0.161 e. The highest BCUT2D eigenvalue weighted by Gasteiger charge is 2.35. The van der Waals surface area contributed by atoms with Crippen LogP contribution in [0.2, 0.25) is 0 Å². The summed E-state index contributed by atoms with van der Waals surface area (Å²) in [5.41, 5.74) is 10.3. The molecule has 0 spiro atoms. The Kier molecular flexibility index (Phi) is 5.58. The first-order valence-electron chi connectivity index (χ1n) is 15.6. The maximum atomic E-state index is 5.39. The quantitative estimate of drug-likeness (QED) is 0.155. The molecule has 9 rings (SSSR count). The highest BCUT2D eigenvalue weighted by Crippen LogP contribution is 2.49. The van der Waals surface area contributed by atoms with E-state index in [0.717, 1.165) is 44.7 Å². The van der Waals surface area contributed by atoms with Crippen molar-refractivity contribution in [3.63, 3.8) is 0 Å². The molecule has 0 atom stereocenters. The molecule has 0 unspecified atom stereocenters. The second-order valence-corrected chi connectivity index (χ2v) is 12.6. The Balaban J connectivity index is 1.34. The minimum absolute atomic E-state index is 0.0903. The summed E-state index contributed by atoms with van der Waals surface area (Å²) in [5, 5.41) is 7.18. The molecule has 0 N–H and O–H groups in total. The van der Waals surface area contributed by atoms with Crippen molar-refractivity contribution in [1.29, 1.82) is 0 Å². The molecule has 1 aromatic heterocycles. The predicted octanol–water partition coefficient (Wildman–Crippen LogP) is 11.2. The van der Waals surface area contributed by atoms with E-state index >= 15 is 0 Å². The molecular weight excluding hydrogens is 544 g/mol. The van der Waals surface area contributed by atoms with Crippen molar-refractivity contribution in [1.82, 2.24) is 9.97 Å². The maximum absolute atomic E-state index is 5.39. The Morgan fingerprint density at radius 2 is 1.09 bits per heavy atom. The molecule has 0 radical (unpaired) electrons. The first-order valence-corrected chi connectivity index (χ1v) is 15.6. The van der Waals surface area contributed by atoms with Crippen LogP contribution in [0.3, 0.4) is 0 Å². The molecule has 1 aliphatic carbocycles. The molecule has 45 heavy (non-hydrogen) atoms. The van der Waals surface area contributed by atoms with Gasteiger partial charge in [-0.25, -0.2) is 9.97 Å². The van der Waals surface area contributed by atoms with E-state index in [0.29, 0.717) is 0 Å². The van der Waals surface area contributed by atoms with Crippen LogP contribution in [0.25, 0.3) is 77.3 Å². The molecule has 0 aliphatic heterocycles. The summed E-state index contributed by atoms with van der Waals surface area (Å²) in [7, 11) is 0. The van der Waals surface area contributed by atoms with E-state index in [1.54, 1.807) is 0 Å². The second kappa shape index (κ2) is 9.70. The van der Waals surface area contributed by atoms with Gasteiger partial charge in [-0.3, -0.25) is 0 Å². The van der Waals surface area contributed by atoms with E-state index in [2.05, 4.69) is 159 Å². The van der Waals surface area contributed by atoms with Gasteiger partial charge >= 0.3 is 0 Å². The molecule has 1 aliphatic rings. The Hall–Kier alpha value is -5.60. The zero-order chi connectivity index (χ0) is 30.1. The molecule has 7 aromatic carbocycles. The van der Waals surface area contributed by atoms with Gasteiger partial charge in [-0.05, 0) is 72.8 Å². The number of rotatable bonds is 3. The van der Waals surface area contributed by atoms with E-state index in [-0.39, 0.29) is 5.41 Å². The van der Waals surface area contributed by atoms with Gasteiger partial charge in [0.05, 0.1) is 11.4 Å². The van der Waals surface area contributed by atoms with Crippen molar-refractivity contribution in [2.24, 2.45) is 0 Å². The van der Waals surface area contributed by atoms with Gasteiger partial charge in [0, 0.05) is 22.1 Å². The average Bonchev–Trinajstić information content (AvgIpc) is 3.33. The number of hydrogen-bond donors (Lipinski definition) is 0. The third-order valence-electron chi connectivity index (χ3n) is 9.67. The number of hydrogen-bond acceptors (Lipinski definition) is 2. The lowest BCUT2D eigenvalue weighted by atomic mass is 9.82. The SMILES string of the molecule is CC1(C)c2ccccc2-c2ccc(-c3cc(-c4ccccc4)nc(-c4c5ccccc5cc5c4ccc4ccccc45)n3)cc21. The van der Waals surface area contributed by atoms with Crippen molar-refractivity contribution >= 4 is 32.3 Å². The lowest BCUT2D eigenvalue weighted by Gasteiger charge is -2.22. The summed E-state index contributed by atoms with van der Waals surface area (Å²) in [6.07, 6.45) is 0. The van der Waals surface area contributed by atoms with Crippen LogP contribution in [-0.4, -0.2) is 9.97 Å². The third-order valence-corrected chi connectivity index (χ3v) is 9.67. The number of benzene rings is 7. The van der Waals surface area contributed by atoms with E-state index in [9.17, 15) is 0 Å². The van der Waals surface area contributed by atoms with Crippen LogP contribution in [0.5, 0.6) is 0 Å². The average molecular weight is 575 g/mol. The van der Waals surface area contributed by atoms with Gasteiger partial charge < -0.3 is 0 Å². The Morgan fingerprint density at radius 3 is 1.93 bits per heavy atom. The lowest BCUT2D eigenvalue weighted by Crippen LogP contribution is -2.14. The van der Waals surface area contributed by atoms with Gasteiger partial charge in [0.1, 0.15) is 0 Å². The largest absolute Gasteiger partial charge is 0.228 e. The van der Waals surface area contributed by atoms with Gasteiger partial charge in [-0.1, -0.05) is 141 Å². The Labute approximate surface area is 262 Å². The zero-order valence-electron chi connectivity index (χ0n) is 25.3. The zero-order valence-corrected chi connectivity index (χ0v) is 25.3. The highest BCUT2D eigenvalue weighted by atomic mass is 14.9. The molecule has 0 fully saturated rings. The van der Waals surface area contributed by atoms with Crippen LogP contribution >= 0.6 is 0 Å². The molecular formula is C43H30N2. The highest BCUT2D eigenvalue weighted by molar-refractivity contribution is 6.19. The summed E-state index contributed by atoms with van der Waals surface area (Å²) >= 11 is 0. The fraction of sp³-hybridized carbons (Fsp3) is 0.0698. The van der Waals surface area contributed by atoms with Gasteiger partial charge in [0.15, 0.2) is 5.82 Å². The summed E-state index contributed by atoms with van der Waals surface area (Å²) in [5.74, 6) is 0.742. The van der Waals surface area contributed by atoms with Gasteiger partial charge in [-0.2, -0.15) is 0 Å². The van der Waals surface area contributed by atoms with Crippen LogP contribution < -0.4 is 0 Å². The van der Waals surface area contributed by atoms with Crippen molar-refractivity contribution in [2.75, 3.05) is 0 Å². The summed E-state index contributed by atoms with van der Waals surface area (Å²) in [4.78, 5) is 10.7. The van der Waals surface area contributed by atoms with E-state index in [4.69, 9.17) is 9.97 Å². The number of aromatic nitrogens is 2. The number of fused-ring (bicyclic) bond motifs is 7. The van der Waals surface area contributed by atoms with Gasteiger partial charge in [-0.15, -0.1) is 0 Å². The van der Waals surface area contributed by atoms with E-state index in [1.807, 2.05) is 0 Å². The van der Waals surface area contributed by atoms with Crippen LogP contribution in [0, 0.1) is 0 Å². The predicted molar refractivity (Wildman–Crippen MR) is 188 cm³/mol. The normalized spacial score (nSPS) is 13.3. The van der Waals surface area contributed by atoms with E-state index < -0.39 is 0 Å². The molecule has 1 heterocycles. The van der Waals surface area contributed by atoms with Crippen molar-refractivity contribution in [3.8, 4) is 45.0 Å². The molecule has 8 aromatic rings. The molecule has 2 nitrogen and oxygen atoms in total. The minimum Gasteiger partial charge on any atom is -0.228 e. The van der Waals surface area contributed by atoms with Crippen molar-refractivity contribution in [3.05, 3.63) is 157 Å². The standard InChI is InChI=1S/C43H30N2/c1-43(2)37-19-11-10-18-33(37)34-22-21-30(25-38(34)43)40-26-39(28-13-4-3-5-14-28)44-42(45-40)41-32-17-9-7-15-29(32)24-36-31-16-8-6-12-27(31)20-23-35(36)41/h3-26H,1-2H3. The third kappa shape index (κ3) is 3.96. The fourth-order valence-electron chi connectivity index (χ4n) is 7.39. The van der Waals surface area contributed by atoms with Crippen LogP contribution in [0.1, 0.15) is 25.0 Å². The topological polar surface area (TPSA) is 25.8 Å². The van der Waals surface area contributed by atoms with Crippen molar-refractivity contribution < 1.29 is 0 Å². The van der Waals surface area contributed by atoms with Crippen LogP contribution in [0.4, 0.5) is 0 Å². The maximum Gasteiger partial charge on any atom is 0.161 e. The summed E-state index contributed by atoms with van der Waals surface area (Å²) in [6.45, 7) is 4.66. The van der Waals surface area contributed by atoms with Gasteiger partial charge in [0.25, 0.3) is 0 Å². The Bertz CT molecular complexity index is 2450. The summed E-state index contributed by atoms with van der Waals surface area (Å²) in [6, 6.07) is 52.3. The van der Waals surface area contributed by atoms with Gasteiger partial charge in [0.2, 0.25) is 0 Å². The number of nitrogens with zero attached hydrogens (tertiary/aromatic N) is 2. The molecule has 212 valence electrons. The molecule has 0 bridgehead atoms. The molecule has 2 heteroatoms. The first kappa shape index (κ1) is 25.9. The molecule has 0 saturated heterocycles. The van der Waals surface area contributed by atoms with Crippen molar-refractivity contribution in [2.45, 2.75) is 19.3 Å². The summed E-state index contributed by atoms with van der Waals surface area (Å²) < 4.78 is 0. The minimum atomic E-state index is -0.0903. The Morgan fingerprint density at radius 1 is 0.422 bits per heavy atom. The molecule has 0 saturated carbocycles. The second-order valence-electron chi connectivity index (χ2n) is 12.6.